The second kappa shape index (κ2) is 7.76. The van der Waals surface area contributed by atoms with Crippen LogP contribution >= 0.6 is 0 Å². The van der Waals surface area contributed by atoms with Gasteiger partial charge in [-0.15, -0.1) is 13.2 Å². The maximum Gasteiger partial charge on any atom is 0.123 e. The van der Waals surface area contributed by atoms with Crippen molar-refractivity contribution < 1.29 is 4.39 Å². The largest absolute Gasteiger partial charge is 0.207 e. The van der Waals surface area contributed by atoms with Crippen molar-refractivity contribution in [1.29, 1.82) is 0 Å². The second-order valence-electron chi connectivity index (χ2n) is 5.90. The van der Waals surface area contributed by atoms with Gasteiger partial charge in [0.05, 0.1) is 0 Å². The number of hydrogen-bond donors (Lipinski definition) is 0. The van der Waals surface area contributed by atoms with Crippen LogP contribution in [0, 0.1) is 11.9 Å². The van der Waals surface area contributed by atoms with E-state index >= 15 is 0 Å². The molecule has 3 rings (SSSR count). The van der Waals surface area contributed by atoms with Crippen LogP contribution in [-0.2, 0) is 12.8 Å². The van der Waals surface area contributed by atoms with Crippen LogP contribution in [-0.4, -0.2) is 0 Å². The molecule has 0 aliphatic heterocycles. The molecule has 1 radical (unpaired) electrons. The lowest BCUT2D eigenvalue weighted by atomic mass is 9.86. The van der Waals surface area contributed by atoms with Gasteiger partial charge in [0.1, 0.15) is 5.82 Å². The van der Waals surface area contributed by atoms with Crippen LogP contribution in [0.5, 0.6) is 0 Å². The molecule has 1 heteroatoms. The van der Waals surface area contributed by atoms with E-state index in [0.717, 1.165) is 35.1 Å². The van der Waals surface area contributed by atoms with Gasteiger partial charge in [-0.1, -0.05) is 54.6 Å². The van der Waals surface area contributed by atoms with Gasteiger partial charge in [-0.3, -0.25) is 0 Å². The van der Waals surface area contributed by atoms with Crippen LogP contribution in [0.25, 0.3) is 22.3 Å². The van der Waals surface area contributed by atoms with E-state index in [4.69, 9.17) is 0 Å². The van der Waals surface area contributed by atoms with Crippen molar-refractivity contribution >= 4 is 0 Å². The number of benzene rings is 3. The highest BCUT2D eigenvalue weighted by Crippen LogP contribution is 2.36. The summed E-state index contributed by atoms with van der Waals surface area (Å²) < 4.78 is 13.3. The molecule has 0 spiro atoms. The van der Waals surface area contributed by atoms with Gasteiger partial charge in [-0.05, 0) is 70.5 Å². The minimum atomic E-state index is -0.236. The van der Waals surface area contributed by atoms with Gasteiger partial charge in [-0.25, -0.2) is 4.39 Å². The summed E-state index contributed by atoms with van der Waals surface area (Å²) in [6.07, 6.45) is 5.30. The average molecular weight is 327 g/mol. The SMILES string of the molecule is C=CCc1c[c]c(-c2ccc(F)cc2)c(CC=C)c1-c1ccccc1. The molecule has 0 unspecified atom stereocenters. The van der Waals surface area contributed by atoms with Crippen molar-refractivity contribution in [2.75, 3.05) is 0 Å². The zero-order chi connectivity index (χ0) is 17.6. The topological polar surface area (TPSA) is 0 Å². The van der Waals surface area contributed by atoms with Crippen LogP contribution in [0.1, 0.15) is 11.1 Å². The summed E-state index contributed by atoms with van der Waals surface area (Å²) in [5, 5.41) is 0. The standard InChI is InChI=1S/C24H20F/c1-3-8-19-14-17-22(18-12-15-21(25)16-13-18)23(9-4-2)24(19)20-10-6-5-7-11-20/h3-7,10-16H,1-2,8-9H2. The monoisotopic (exact) mass is 327 g/mol. The highest BCUT2D eigenvalue weighted by atomic mass is 19.1. The van der Waals surface area contributed by atoms with E-state index in [1.165, 1.54) is 23.3 Å². The molecule has 25 heavy (non-hydrogen) atoms. The van der Waals surface area contributed by atoms with E-state index < -0.39 is 0 Å². The molecule has 3 aromatic carbocycles. The van der Waals surface area contributed by atoms with Crippen LogP contribution in [0.2, 0.25) is 0 Å². The fourth-order valence-corrected chi connectivity index (χ4v) is 3.14. The third-order valence-corrected chi connectivity index (χ3v) is 4.22. The van der Waals surface area contributed by atoms with Crippen molar-refractivity contribution in [3.05, 3.63) is 109 Å². The molecule has 0 bridgehead atoms. The Labute approximate surface area is 149 Å². The van der Waals surface area contributed by atoms with Crippen molar-refractivity contribution in [2.45, 2.75) is 12.8 Å². The van der Waals surface area contributed by atoms with Gasteiger partial charge < -0.3 is 0 Å². The third-order valence-electron chi connectivity index (χ3n) is 4.22. The van der Waals surface area contributed by atoms with E-state index in [-0.39, 0.29) is 5.82 Å². The van der Waals surface area contributed by atoms with Crippen LogP contribution in [0.4, 0.5) is 4.39 Å². The summed E-state index contributed by atoms with van der Waals surface area (Å²) in [5.41, 5.74) is 6.65. The lowest BCUT2D eigenvalue weighted by Crippen LogP contribution is -1.99. The minimum Gasteiger partial charge on any atom is -0.207 e. The predicted octanol–water partition coefficient (Wildman–Crippen LogP) is 6.42. The van der Waals surface area contributed by atoms with Crippen molar-refractivity contribution in [3.63, 3.8) is 0 Å². The Morgan fingerprint density at radius 2 is 1.52 bits per heavy atom. The molecular formula is C24H20F. The first-order chi connectivity index (χ1) is 12.2. The molecule has 0 fully saturated rings. The normalized spacial score (nSPS) is 10.4. The minimum absolute atomic E-state index is 0.236. The maximum absolute atomic E-state index is 13.3. The molecule has 0 saturated heterocycles. The van der Waals surface area contributed by atoms with E-state index in [2.05, 4.69) is 31.4 Å². The zero-order valence-corrected chi connectivity index (χ0v) is 14.1. The number of hydrogen-bond acceptors (Lipinski definition) is 0. The van der Waals surface area contributed by atoms with Gasteiger partial charge in [0.2, 0.25) is 0 Å². The Kier molecular flexibility index (Phi) is 5.25. The van der Waals surface area contributed by atoms with Gasteiger partial charge in [-0.2, -0.15) is 0 Å². The molecule has 0 N–H and O–H groups in total. The number of halogens is 1. The molecule has 3 aromatic rings. The highest BCUT2D eigenvalue weighted by molar-refractivity contribution is 5.81. The quantitative estimate of drug-likeness (QED) is 0.458. The molecule has 0 aliphatic carbocycles. The molecule has 0 saturated carbocycles. The van der Waals surface area contributed by atoms with Gasteiger partial charge in [0, 0.05) is 0 Å². The number of rotatable bonds is 6. The highest BCUT2D eigenvalue weighted by Gasteiger charge is 2.15. The summed E-state index contributed by atoms with van der Waals surface area (Å²) in [4.78, 5) is 0. The third kappa shape index (κ3) is 3.61. The molecule has 0 heterocycles. The summed E-state index contributed by atoms with van der Waals surface area (Å²) in [5.74, 6) is -0.236. The smallest absolute Gasteiger partial charge is 0.123 e. The van der Waals surface area contributed by atoms with Crippen LogP contribution in [0.15, 0.2) is 86.0 Å². The Hall–Kier alpha value is -2.93. The predicted molar refractivity (Wildman–Crippen MR) is 104 cm³/mol. The van der Waals surface area contributed by atoms with Crippen molar-refractivity contribution in [1.82, 2.24) is 0 Å². The Bertz CT molecular complexity index is 874. The molecule has 0 atom stereocenters. The molecule has 0 nitrogen and oxygen atoms in total. The fraction of sp³-hybridized carbons (Fsp3) is 0.0833. The van der Waals surface area contributed by atoms with Crippen molar-refractivity contribution in [2.24, 2.45) is 0 Å². The lowest BCUT2D eigenvalue weighted by molar-refractivity contribution is 0.628. The lowest BCUT2D eigenvalue weighted by Gasteiger charge is -2.18. The second-order valence-corrected chi connectivity index (χ2v) is 5.90. The van der Waals surface area contributed by atoms with E-state index in [9.17, 15) is 4.39 Å². The van der Waals surface area contributed by atoms with Crippen LogP contribution < -0.4 is 0 Å². The zero-order valence-electron chi connectivity index (χ0n) is 14.1. The fourth-order valence-electron chi connectivity index (χ4n) is 3.14. The molecule has 0 amide bonds. The van der Waals surface area contributed by atoms with E-state index in [0.29, 0.717) is 0 Å². The number of allylic oxidation sites excluding steroid dienone is 2. The van der Waals surface area contributed by atoms with Gasteiger partial charge in [0.25, 0.3) is 0 Å². The van der Waals surface area contributed by atoms with Crippen molar-refractivity contribution in [3.8, 4) is 22.3 Å². The summed E-state index contributed by atoms with van der Waals surface area (Å²) in [7, 11) is 0. The Morgan fingerprint density at radius 3 is 2.16 bits per heavy atom. The van der Waals surface area contributed by atoms with E-state index in [1.54, 1.807) is 12.1 Å². The molecular weight excluding hydrogens is 307 g/mol. The summed E-state index contributed by atoms with van der Waals surface area (Å²) >= 11 is 0. The summed E-state index contributed by atoms with van der Waals surface area (Å²) in [6, 6.07) is 22.3. The molecule has 0 aromatic heterocycles. The van der Waals surface area contributed by atoms with Gasteiger partial charge in [0.15, 0.2) is 0 Å². The molecule has 0 aliphatic rings. The first kappa shape index (κ1) is 16.9. The first-order valence-electron chi connectivity index (χ1n) is 8.34. The molecule has 123 valence electrons. The maximum atomic E-state index is 13.3. The van der Waals surface area contributed by atoms with E-state index in [1.807, 2.05) is 36.4 Å². The van der Waals surface area contributed by atoms with Gasteiger partial charge >= 0.3 is 0 Å². The first-order valence-corrected chi connectivity index (χ1v) is 8.34. The average Bonchev–Trinajstić information content (AvgIpc) is 2.64. The van der Waals surface area contributed by atoms with Crippen LogP contribution in [0.3, 0.4) is 0 Å². The Balaban J connectivity index is 2.28. The Morgan fingerprint density at radius 1 is 0.840 bits per heavy atom. The summed E-state index contributed by atoms with van der Waals surface area (Å²) in [6.45, 7) is 7.80.